The van der Waals surface area contributed by atoms with Crippen LogP contribution in [-0.2, 0) is 6.42 Å². The maximum atomic E-state index is 9.57. The van der Waals surface area contributed by atoms with Gasteiger partial charge in [0.2, 0.25) is 0 Å². The Hall–Kier alpha value is -1.36. The van der Waals surface area contributed by atoms with Crippen molar-refractivity contribution >= 4 is 11.6 Å². The minimum absolute atomic E-state index is 0.336. The second kappa shape index (κ2) is 7.87. The summed E-state index contributed by atoms with van der Waals surface area (Å²) in [6, 6.07) is 0. The average molecular weight is 252 g/mol. The molecule has 0 aliphatic rings. The fraction of sp³-hybridized carbons (Fsp3) is 0.692. The third-order valence-corrected chi connectivity index (χ3v) is 2.82. The first kappa shape index (κ1) is 14.7. The molecule has 1 heterocycles. The number of aliphatic hydroxyl groups excluding tert-OH is 1. The van der Waals surface area contributed by atoms with E-state index < -0.39 is 0 Å². The van der Waals surface area contributed by atoms with Crippen molar-refractivity contribution in [3.63, 3.8) is 0 Å². The highest BCUT2D eigenvalue weighted by molar-refractivity contribution is 5.57. The summed E-state index contributed by atoms with van der Waals surface area (Å²) in [7, 11) is 0. The van der Waals surface area contributed by atoms with Crippen molar-refractivity contribution in [1.29, 1.82) is 0 Å². The second-order valence-electron chi connectivity index (χ2n) is 4.27. The summed E-state index contributed by atoms with van der Waals surface area (Å²) >= 11 is 0. The topological polar surface area (TPSA) is 70.1 Å². The van der Waals surface area contributed by atoms with Gasteiger partial charge in [0.25, 0.3) is 0 Å². The summed E-state index contributed by atoms with van der Waals surface area (Å²) in [6.07, 6.45) is 3.87. The monoisotopic (exact) mass is 252 g/mol. The molecule has 5 heteroatoms. The Bertz CT molecular complexity index is 357. The molecule has 0 amide bonds. The van der Waals surface area contributed by atoms with E-state index in [1.54, 1.807) is 6.33 Å². The van der Waals surface area contributed by atoms with E-state index in [9.17, 15) is 5.11 Å². The van der Waals surface area contributed by atoms with Crippen LogP contribution in [0, 0.1) is 0 Å². The van der Waals surface area contributed by atoms with E-state index in [4.69, 9.17) is 0 Å². The molecule has 18 heavy (non-hydrogen) atoms. The lowest BCUT2D eigenvalue weighted by atomic mass is 10.2. The van der Waals surface area contributed by atoms with Gasteiger partial charge in [0, 0.05) is 18.7 Å². The van der Waals surface area contributed by atoms with E-state index in [2.05, 4.69) is 34.4 Å². The summed E-state index contributed by atoms with van der Waals surface area (Å²) in [5.74, 6) is 1.71. The SMILES string of the molecule is CCCNc1ncnc(NCC(O)CC)c1CC. The van der Waals surface area contributed by atoms with Crippen molar-refractivity contribution in [2.24, 2.45) is 0 Å². The van der Waals surface area contributed by atoms with E-state index in [-0.39, 0.29) is 6.10 Å². The number of nitrogens with one attached hydrogen (secondary N) is 2. The van der Waals surface area contributed by atoms with Crippen LogP contribution >= 0.6 is 0 Å². The summed E-state index contributed by atoms with van der Waals surface area (Å²) in [5, 5.41) is 16.1. The minimum atomic E-state index is -0.336. The molecule has 0 aliphatic carbocycles. The van der Waals surface area contributed by atoms with E-state index in [0.717, 1.165) is 43.0 Å². The van der Waals surface area contributed by atoms with Crippen LogP contribution in [-0.4, -0.2) is 34.3 Å². The molecule has 1 aromatic rings. The Labute approximate surface area is 109 Å². The molecular weight excluding hydrogens is 228 g/mol. The summed E-state index contributed by atoms with van der Waals surface area (Å²) in [6.45, 7) is 7.59. The lowest BCUT2D eigenvalue weighted by Crippen LogP contribution is -2.20. The van der Waals surface area contributed by atoms with Crippen molar-refractivity contribution in [3.05, 3.63) is 11.9 Å². The highest BCUT2D eigenvalue weighted by Gasteiger charge is 2.10. The van der Waals surface area contributed by atoms with E-state index in [1.807, 2.05) is 6.92 Å². The first-order chi connectivity index (χ1) is 8.72. The van der Waals surface area contributed by atoms with E-state index in [1.165, 1.54) is 0 Å². The Kier molecular flexibility index (Phi) is 6.43. The molecule has 1 unspecified atom stereocenters. The van der Waals surface area contributed by atoms with Crippen molar-refractivity contribution in [2.45, 2.75) is 46.1 Å². The number of anilines is 2. The molecular formula is C13H24N4O. The highest BCUT2D eigenvalue weighted by atomic mass is 16.3. The normalized spacial score (nSPS) is 12.2. The number of hydrogen-bond acceptors (Lipinski definition) is 5. The Morgan fingerprint density at radius 1 is 1.17 bits per heavy atom. The Balaban J connectivity index is 2.77. The molecule has 0 spiro atoms. The smallest absolute Gasteiger partial charge is 0.134 e. The average Bonchev–Trinajstić information content (AvgIpc) is 2.42. The van der Waals surface area contributed by atoms with Gasteiger partial charge in [0.1, 0.15) is 18.0 Å². The molecule has 1 atom stereocenters. The van der Waals surface area contributed by atoms with Gasteiger partial charge in [-0.25, -0.2) is 9.97 Å². The fourth-order valence-corrected chi connectivity index (χ4v) is 1.65. The first-order valence-corrected chi connectivity index (χ1v) is 6.72. The lowest BCUT2D eigenvalue weighted by molar-refractivity contribution is 0.183. The van der Waals surface area contributed by atoms with E-state index >= 15 is 0 Å². The summed E-state index contributed by atoms with van der Waals surface area (Å²) in [4.78, 5) is 8.52. The molecule has 0 radical (unpaired) electrons. The number of hydrogen-bond donors (Lipinski definition) is 3. The van der Waals surface area contributed by atoms with Crippen LogP contribution in [0.4, 0.5) is 11.6 Å². The Morgan fingerprint density at radius 3 is 2.39 bits per heavy atom. The van der Waals surface area contributed by atoms with Gasteiger partial charge in [0.15, 0.2) is 0 Å². The maximum Gasteiger partial charge on any atom is 0.134 e. The number of aliphatic hydroxyl groups is 1. The van der Waals surface area contributed by atoms with Gasteiger partial charge >= 0.3 is 0 Å². The van der Waals surface area contributed by atoms with Gasteiger partial charge in [-0.05, 0) is 19.3 Å². The molecule has 0 fully saturated rings. The molecule has 0 saturated carbocycles. The zero-order valence-corrected chi connectivity index (χ0v) is 11.5. The van der Waals surface area contributed by atoms with Gasteiger partial charge in [-0.1, -0.05) is 20.8 Å². The molecule has 0 aromatic carbocycles. The van der Waals surface area contributed by atoms with Crippen molar-refractivity contribution in [1.82, 2.24) is 9.97 Å². The molecule has 102 valence electrons. The zero-order valence-electron chi connectivity index (χ0n) is 11.5. The first-order valence-electron chi connectivity index (χ1n) is 6.72. The predicted octanol–water partition coefficient (Wildman–Crippen LogP) is 2.04. The predicted molar refractivity (Wildman–Crippen MR) is 75.0 cm³/mol. The van der Waals surface area contributed by atoms with Crippen LogP contribution in [0.5, 0.6) is 0 Å². The third-order valence-electron chi connectivity index (χ3n) is 2.82. The van der Waals surface area contributed by atoms with Crippen molar-refractivity contribution in [3.8, 4) is 0 Å². The van der Waals surface area contributed by atoms with Crippen LogP contribution in [0.15, 0.2) is 6.33 Å². The summed E-state index contributed by atoms with van der Waals surface area (Å²) < 4.78 is 0. The third kappa shape index (κ3) is 4.14. The molecule has 5 nitrogen and oxygen atoms in total. The quantitative estimate of drug-likeness (QED) is 0.660. The van der Waals surface area contributed by atoms with Gasteiger partial charge in [-0.15, -0.1) is 0 Å². The molecule has 3 N–H and O–H groups in total. The van der Waals surface area contributed by atoms with Gasteiger partial charge in [-0.2, -0.15) is 0 Å². The fourth-order valence-electron chi connectivity index (χ4n) is 1.65. The van der Waals surface area contributed by atoms with Gasteiger partial charge in [-0.3, -0.25) is 0 Å². The van der Waals surface area contributed by atoms with Gasteiger partial charge in [0.05, 0.1) is 6.10 Å². The van der Waals surface area contributed by atoms with Crippen LogP contribution in [0.1, 0.15) is 39.2 Å². The molecule has 0 aliphatic heterocycles. The van der Waals surface area contributed by atoms with Gasteiger partial charge < -0.3 is 15.7 Å². The molecule has 1 aromatic heterocycles. The maximum absolute atomic E-state index is 9.57. The number of rotatable bonds is 8. The summed E-state index contributed by atoms with van der Waals surface area (Å²) in [5.41, 5.74) is 1.08. The number of nitrogens with zero attached hydrogens (tertiary/aromatic N) is 2. The number of aromatic nitrogens is 2. The standard InChI is InChI=1S/C13H24N4O/c1-4-7-14-12-11(6-3)13(17-9-16-12)15-8-10(18)5-2/h9-10,18H,4-8H2,1-3H3,(H2,14,15,16,17). The largest absolute Gasteiger partial charge is 0.391 e. The Morgan fingerprint density at radius 2 is 1.83 bits per heavy atom. The molecule has 0 bridgehead atoms. The highest BCUT2D eigenvalue weighted by Crippen LogP contribution is 2.20. The lowest BCUT2D eigenvalue weighted by Gasteiger charge is -2.15. The second-order valence-corrected chi connectivity index (χ2v) is 4.27. The van der Waals surface area contributed by atoms with E-state index in [0.29, 0.717) is 6.54 Å². The van der Waals surface area contributed by atoms with Crippen molar-refractivity contribution < 1.29 is 5.11 Å². The molecule has 0 saturated heterocycles. The van der Waals surface area contributed by atoms with Crippen molar-refractivity contribution in [2.75, 3.05) is 23.7 Å². The molecule has 1 rings (SSSR count). The van der Waals surface area contributed by atoms with Crippen LogP contribution in [0.2, 0.25) is 0 Å². The van der Waals surface area contributed by atoms with Crippen LogP contribution in [0.3, 0.4) is 0 Å². The van der Waals surface area contributed by atoms with Crippen LogP contribution < -0.4 is 10.6 Å². The zero-order chi connectivity index (χ0) is 13.4. The van der Waals surface area contributed by atoms with Crippen LogP contribution in [0.25, 0.3) is 0 Å². The minimum Gasteiger partial charge on any atom is -0.391 e.